The Labute approximate surface area is 187 Å². The highest BCUT2D eigenvalue weighted by Crippen LogP contribution is 2.40. The molecule has 1 aromatic carbocycles. The van der Waals surface area contributed by atoms with E-state index in [4.69, 9.17) is 15.0 Å². The van der Waals surface area contributed by atoms with Crippen molar-refractivity contribution in [3.8, 4) is 6.07 Å². The molecule has 0 fully saturated rings. The number of benzene rings is 1. The van der Waals surface area contributed by atoms with Crippen molar-refractivity contribution in [3.05, 3.63) is 51.2 Å². The van der Waals surface area contributed by atoms with Crippen molar-refractivity contribution in [3.63, 3.8) is 0 Å². The fourth-order valence-electron chi connectivity index (χ4n) is 3.93. The number of nitrogens with zero attached hydrogens (tertiary/aromatic N) is 4. The van der Waals surface area contributed by atoms with Crippen LogP contribution in [-0.4, -0.2) is 47.1 Å². The Balaban J connectivity index is 2.71. The first-order valence-electron chi connectivity index (χ1n) is 10.7. The van der Waals surface area contributed by atoms with E-state index < -0.39 is 22.9 Å². The van der Waals surface area contributed by atoms with Crippen molar-refractivity contribution in [2.24, 2.45) is 4.99 Å². The molecule has 1 heterocycles. The van der Waals surface area contributed by atoms with Crippen LogP contribution >= 0.6 is 0 Å². The zero-order valence-corrected chi connectivity index (χ0v) is 18.6. The lowest BCUT2D eigenvalue weighted by Gasteiger charge is -2.39. The van der Waals surface area contributed by atoms with Crippen LogP contribution in [0.3, 0.4) is 0 Å². The van der Waals surface area contributed by atoms with Crippen LogP contribution in [0.1, 0.15) is 57.9 Å². The lowest BCUT2D eigenvalue weighted by molar-refractivity contribution is -0.384. The van der Waals surface area contributed by atoms with E-state index in [0.29, 0.717) is 36.2 Å². The number of hydrogen-bond donors (Lipinski definition) is 0. The second-order valence-electron chi connectivity index (χ2n) is 7.32. The Bertz CT molecular complexity index is 946. The summed E-state index contributed by atoms with van der Waals surface area (Å²) in [4.78, 5) is 42.1. The number of hydrogen-bond acceptors (Lipinski definition) is 7. The van der Waals surface area contributed by atoms with Crippen LogP contribution in [0.5, 0.6) is 0 Å². The minimum absolute atomic E-state index is 0.0502. The maximum Gasteiger partial charge on any atom is 0.336 e. The zero-order valence-electron chi connectivity index (χ0n) is 18.6. The summed E-state index contributed by atoms with van der Waals surface area (Å²) in [7, 11) is 0. The lowest BCUT2D eigenvalue weighted by atomic mass is 9.77. The third-order valence-electron chi connectivity index (χ3n) is 5.39. The number of esters is 1. The van der Waals surface area contributed by atoms with E-state index in [-0.39, 0.29) is 18.7 Å². The fourth-order valence-corrected chi connectivity index (χ4v) is 3.93. The highest BCUT2D eigenvalue weighted by Gasteiger charge is 2.41. The lowest BCUT2D eigenvalue weighted by Crippen LogP contribution is -2.48. The van der Waals surface area contributed by atoms with Gasteiger partial charge in [0.05, 0.1) is 34.7 Å². The number of nitro benzene ring substituents is 1. The molecule has 0 spiro atoms. The number of aliphatic imine (C=N–C) groups is 1. The van der Waals surface area contributed by atoms with Gasteiger partial charge in [-0.3, -0.25) is 19.9 Å². The molecular weight excluding hydrogens is 412 g/mol. The molecule has 0 saturated carbocycles. The first-order chi connectivity index (χ1) is 15.4. The van der Waals surface area contributed by atoms with E-state index >= 15 is 0 Å². The summed E-state index contributed by atoms with van der Waals surface area (Å²) >= 11 is 0. The van der Waals surface area contributed by atoms with Crippen molar-refractivity contribution in [2.45, 2.75) is 58.4 Å². The molecule has 9 nitrogen and oxygen atoms in total. The summed E-state index contributed by atoms with van der Waals surface area (Å²) in [6, 6.07) is 7.42. The maximum absolute atomic E-state index is 13.2. The molecule has 1 amide bonds. The van der Waals surface area contributed by atoms with Crippen molar-refractivity contribution in [1.82, 2.24) is 4.90 Å². The van der Waals surface area contributed by atoms with Crippen LogP contribution in [0.2, 0.25) is 0 Å². The van der Waals surface area contributed by atoms with E-state index in [1.807, 2.05) is 26.8 Å². The number of carbonyl (C=O) groups is 2. The first kappa shape index (κ1) is 24.7. The van der Waals surface area contributed by atoms with Gasteiger partial charge in [-0.1, -0.05) is 32.4 Å². The van der Waals surface area contributed by atoms with Gasteiger partial charge in [0.2, 0.25) is 6.41 Å². The molecule has 170 valence electrons. The number of nitriles is 1. The van der Waals surface area contributed by atoms with Crippen LogP contribution < -0.4 is 0 Å². The maximum atomic E-state index is 13.2. The molecule has 0 aliphatic carbocycles. The minimum Gasteiger partial charge on any atom is -0.461 e. The number of likely N-dealkylation sites (N-methyl/N-ethyl adjacent to an activating group) is 1. The van der Waals surface area contributed by atoms with E-state index in [2.05, 4.69) is 0 Å². The van der Waals surface area contributed by atoms with Gasteiger partial charge in [0.15, 0.2) is 0 Å². The third kappa shape index (κ3) is 5.38. The van der Waals surface area contributed by atoms with Gasteiger partial charge in [-0.15, -0.1) is 0 Å². The average molecular weight is 441 g/mol. The van der Waals surface area contributed by atoms with Crippen molar-refractivity contribution in [1.29, 1.82) is 5.26 Å². The fraction of sp³-hybridized carbons (Fsp3) is 0.478. The second-order valence-corrected chi connectivity index (χ2v) is 7.32. The summed E-state index contributed by atoms with van der Waals surface area (Å²) < 4.78 is 5.37. The Kier molecular flexibility index (Phi) is 9.08. The largest absolute Gasteiger partial charge is 0.461 e. The third-order valence-corrected chi connectivity index (χ3v) is 5.39. The Morgan fingerprint density at radius 2 is 2.00 bits per heavy atom. The number of allylic oxidation sites excluding steroid dienone is 1. The smallest absolute Gasteiger partial charge is 0.336 e. The van der Waals surface area contributed by atoms with Gasteiger partial charge in [0, 0.05) is 30.3 Å². The molecule has 0 bridgehead atoms. The van der Waals surface area contributed by atoms with Crippen molar-refractivity contribution in [2.75, 3.05) is 13.2 Å². The summed E-state index contributed by atoms with van der Waals surface area (Å²) in [5, 5.41) is 19.9. The number of rotatable bonds is 11. The molecule has 1 aliphatic rings. The Hall–Kier alpha value is -3.54. The van der Waals surface area contributed by atoms with Crippen LogP contribution in [-0.2, 0) is 14.3 Å². The Morgan fingerprint density at radius 1 is 1.31 bits per heavy atom. The molecule has 0 aromatic heterocycles. The van der Waals surface area contributed by atoms with Crippen LogP contribution in [0.25, 0.3) is 0 Å². The summed E-state index contributed by atoms with van der Waals surface area (Å²) in [5.74, 6) is -1.18. The molecule has 0 saturated heterocycles. The number of nitro groups is 1. The monoisotopic (exact) mass is 440 g/mol. The highest BCUT2D eigenvalue weighted by atomic mass is 16.6. The molecule has 2 atom stereocenters. The van der Waals surface area contributed by atoms with E-state index in [1.54, 1.807) is 17.0 Å². The second kappa shape index (κ2) is 11.7. The van der Waals surface area contributed by atoms with Crippen molar-refractivity contribution >= 4 is 23.8 Å². The van der Waals surface area contributed by atoms with Crippen molar-refractivity contribution < 1.29 is 19.2 Å². The standard InChI is InChI=1S/C23H28N4O5/c1-4-8-19-21(23(29)32-14-7-13-24)20(16-9-11-17(12-10-16)27(30)31)22(18(5-2)25-19)26(6-3)15-28/h9-12,15,20,22H,4-8,14H2,1-3H3. The van der Waals surface area contributed by atoms with Gasteiger partial charge in [-0.25, -0.2) is 4.79 Å². The molecule has 2 rings (SSSR count). The Morgan fingerprint density at radius 3 is 2.50 bits per heavy atom. The topological polar surface area (TPSA) is 126 Å². The number of non-ortho nitro benzene ring substituents is 1. The molecule has 1 aromatic rings. The van der Waals surface area contributed by atoms with Gasteiger partial charge < -0.3 is 9.64 Å². The normalized spacial score (nSPS) is 17.9. The van der Waals surface area contributed by atoms with Crippen LogP contribution in [0, 0.1) is 21.4 Å². The molecule has 0 N–H and O–H groups in total. The van der Waals surface area contributed by atoms with Gasteiger partial charge in [0.1, 0.15) is 6.61 Å². The molecule has 32 heavy (non-hydrogen) atoms. The van der Waals surface area contributed by atoms with E-state index in [0.717, 1.165) is 18.5 Å². The van der Waals surface area contributed by atoms with Gasteiger partial charge in [0.25, 0.3) is 5.69 Å². The highest BCUT2D eigenvalue weighted by molar-refractivity contribution is 6.00. The van der Waals surface area contributed by atoms with E-state index in [9.17, 15) is 19.7 Å². The number of carbonyl (C=O) groups excluding carboxylic acids is 2. The molecule has 0 radical (unpaired) electrons. The number of ether oxygens (including phenoxy) is 1. The minimum atomic E-state index is -0.593. The first-order valence-corrected chi connectivity index (χ1v) is 10.7. The molecular formula is C23H28N4O5. The quantitative estimate of drug-likeness (QED) is 0.169. The predicted octanol–water partition coefficient (Wildman–Crippen LogP) is 3.90. The molecule has 9 heteroatoms. The number of amides is 1. The van der Waals surface area contributed by atoms with E-state index in [1.165, 1.54) is 12.1 Å². The predicted molar refractivity (Wildman–Crippen MR) is 119 cm³/mol. The summed E-state index contributed by atoms with van der Waals surface area (Å²) in [5.41, 5.74) is 2.28. The SMILES string of the molecule is CCCC1=C(C(=O)OCCC#N)C(c2ccc([N+](=O)[O-])cc2)C(N(C=O)CC)C(CC)=N1. The van der Waals surface area contributed by atoms with Gasteiger partial charge >= 0.3 is 5.97 Å². The molecule has 1 aliphatic heterocycles. The van der Waals surface area contributed by atoms with Gasteiger partial charge in [-0.2, -0.15) is 5.26 Å². The summed E-state index contributed by atoms with van der Waals surface area (Å²) in [6.07, 6.45) is 2.65. The van der Waals surface area contributed by atoms with Gasteiger partial charge in [-0.05, 0) is 25.3 Å². The zero-order chi connectivity index (χ0) is 23.7. The summed E-state index contributed by atoms with van der Waals surface area (Å²) in [6.45, 7) is 6.10. The molecule has 2 unspecified atom stereocenters. The van der Waals surface area contributed by atoms with Crippen LogP contribution in [0.15, 0.2) is 40.5 Å². The average Bonchev–Trinajstić information content (AvgIpc) is 2.80. The van der Waals surface area contributed by atoms with Crippen LogP contribution in [0.4, 0.5) is 5.69 Å².